The first-order valence-corrected chi connectivity index (χ1v) is 12.8. The number of nitrogens with zero attached hydrogens (tertiary/aromatic N) is 4. The number of carbonyl (C=O) groups is 1. The third-order valence-corrected chi connectivity index (χ3v) is 7.54. The van der Waals surface area contributed by atoms with Crippen LogP contribution in [0.5, 0.6) is 0 Å². The van der Waals surface area contributed by atoms with Gasteiger partial charge in [0.15, 0.2) is 5.69 Å². The molecule has 1 amide bonds. The van der Waals surface area contributed by atoms with Gasteiger partial charge in [0.25, 0.3) is 5.69 Å². The summed E-state index contributed by atoms with van der Waals surface area (Å²) in [5, 5.41) is 32.0. The molecule has 2 N–H and O–H groups in total. The maximum absolute atomic E-state index is 13.2. The first-order chi connectivity index (χ1) is 16.7. The summed E-state index contributed by atoms with van der Waals surface area (Å²) in [5.41, 5.74) is 2.61. The number of hydrogen-bond donors (Lipinski definition) is 2. The Balaban J connectivity index is 1.48. The molecular formula is C27H35N5O3. The largest absolute Gasteiger partial charge is 0.618 e. The molecule has 1 aliphatic carbocycles. The Kier molecular flexibility index (Phi) is 6.17. The minimum absolute atomic E-state index is 0.0195. The fourth-order valence-electron chi connectivity index (χ4n) is 5.37. The van der Waals surface area contributed by atoms with Crippen LogP contribution in [0.25, 0.3) is 10.9 Å². The molecule has 2 aromatic heterocycles. The van der Waals surface area contributed by atoms with Crippen molar-refractivity contribution < 1.29 is 14.6 Å². The van der Waals surface area contributed by atoms with E-state index in [1.165, 1.54) is 0 Å². The van der Waals surface area contributed by atoms with Crippen LogP contribution < -0.4 is 14.9 Å². The van der Waals surface area contributed by atoms with Crippen LogP contribution in [-0.4, -0.2) is 39.5 Å². The number of rotatable bonds is 5. The molecule has 8 heteroatoms. The maximum Gasteiger partial charge on any atom is 0.321 e. The standard InChI is InChI=1S/C27H35N5O3/c1-18(2)23-7-6-8-24(32(23)35)26(33)28-22-15-19-17-31(20-9-11-27(3,34)12-10-20)29-21(19)16-25(22)30-13-4-5-14-30/h6-8,15-18,20,34H,4-5,9-14H2,1-3H3,(H,28,33). The Morgan fingerprint density at radius 2 is 1.94 bits per heavy atom. The first-order valence-electron chi connectivity index (χ1n) is 12.8. The van der Waals surface area contributed by atoms with E-state index >= 15 is 0 Å². The highest BCUT2D eigenvalue weighted by Gasteiger charge is 2.30. The van der Waals surface area contributed by atoms with E-state index < -0.39 is 11.5 Å². The summed E-state index contributed by atoms with van der Waals surface area (Å²) in [6.07, 6.45) is 7.56. The maximum atomic E-state index is 13.2. The van der Waals surface area contributed by atoms with Gasteiger partial charge in [0.1, 0.15) is 0 Å². The summed E-state index contributed by atoms with van der Waals surface area (Å²) < 4.78 is 2.76. The van der Waals surface area contributed by atoms with Gasteiger partial charge in [-0.2, -0.15) is 9.83 Å². The lowest BCUT2D eigenvalue weighted by Crippen LogP contribution is -2.41. The lowest BCUT2D eigenvalue weighted by molar-refractivity contribution is -0.617. The van der Waals surface area contributed by atoms with E-state index in [4.69, 9.17) is 5.10 Å². The number of anilines is 2. The van der Waals surface area contributed by atoms with Gasteiger partial charge in [-0.05, 0) is 63.6 Å². The summed E-state index contributed by atoms with van der Waals surface area (Å²) in [7, 11) is 0. The molecule has 1 aliphatic heterocycles. The Morgan fingerprint density at radius 1 is 1.23 bits per heavy atom. The number of nitrogens with one attached hydrogen (secondary N) is 1. The number of aromatic nitrogens is 3. The van der Waals surface area contributed by atoms with Crippen molar-refractivity contribution in [2.75, 3.05) is 23.3 Å². The van der Waals surface area contributed by atoms with Crippen molar-refractivity contribution in [3.8, 4) is 0 Å². The number of fused-ring (bicyclic) bond motifs is 1. The fourth-order valence-corrected chi connectivity index (χ4v) is 5.37. The van der Waals surface area contributed by atoms with Crippen LogP contribution in [0.15, 0.2) is 36.5 Å². The zero-order chi connectivity index (χ0) is 24.7. The molecule has 3 aromatic rings. The van der Waals surface area contributed by atoms with Crippen molar-refractivity contribution in [1.82, 2.24) is 9.78 Å². The molecular weight excluding hydrogens is 442 g/mol. The van der Waals surface area contributed by atoms with Crippen LogP contribution in [0, 0.1) is 5.21 Å². The molecule has 35 heavy (non-hydrogen) atoms. The number of benzene rings is 1. The zero-order valence-electron chi connectivity index (χ0n) is 20.8. The second kappa shape index (κ2) is 9.15. The smallest absolute Gasteiger partial charge is 0.321 e. The van der Waals surface area contributed by atoms with E-state index in [-0.39, 0.29) is 17.7 Å². The van der Waals surface area contributed by atoms with Crippen molar-refractivity contribution >= 4 is 28.2 Å². The van der Waals surface area contributed by atoms with Gasteiger partial charge in [-0.1, -0.05) is 13.8 Å². The zero-order valence-corrected chi connectivity index (χ0v) is 20.8. The molecule has 1 aromatic carbocycles. The average molecular weight is 478 g/mol. The monoisotopic (exact) mass is 477 g/mol. The SMILES string of the molecule is CC(C)c1cccc(C(=O)Nc2cc3cn(C4CCC(C)(O)CC4)nc3cc2N2CCCC2)[n+]1[O-]. The molecule has 1 saturated heterocycles. The molecule has 0 bridgehead atoms. The minimum Gasteiger partial charge on any atom is -0.618 e. The van der Waals surface area contributed by atoms with E-state index in [2.05, 4.69) is 16.3 Å². The van der Waals surface area contributed by atoms with Gasteiger partial charge >= 0.3 is 5.91 Å². The fraction of sp³-hybridized carbons (Fsp3) is 0.519. The van der Waals surface area contributed by atoms with Crippen LogP contribution in [0.2, 0.25) is 0 Å². The van der Waals surface area contributed by atoms with Crippen molar-refractivity contribution in [2.24, 2.45) is 0 Å². The molecule has 8 nitrogen and oxygen atoms in total. The summed E-state index contributed by atoms with van der Waals surface area (Å²) in [6.45, 7) is 7.64. The summed E-state index contributed by atoms with van der Waals surface area (Å²) >= 11 is 0. The summed E-state index contributed by atoms with van der Waals surface area (Å²) in [5.74, 6) is -0.393. The second-order valence-electron chi connectivity index (χ2n) is 10.7. The Morgan fingerprint density at radius 3 is 2.63 bits per heavy atom. The lowest BCUT2D eigenvalue weighted by atomic mass is 9.84. The number of aliphatic hydroxyl groups is 1. The predicted molar refractivity (Wildman–Crippen MR) is 137 cm³/mol. The molecule has 2 aliphatic rings. The highest BCUT2D eigenvalue weighted by atomic mass is 16.5. The minimum atomic E-state index is -0.589. The van der Waals surface area contributed by atoms with E-state index in [9.17, 15) is 15.1 Å². The van der Waals surface area contributed by atoms with Crippen molar-refractivity contribution in [1.29, 1.82) is 0 Å². The van der Waals surface area contributed by atoms with Crippen molar-refractivity contribution in [3.05, 3.63) is 53.1 Å². The van der Waals surface area contributed by atoms with Crippen LogP contribution in [0.3, 0.4) is 0 Å². The van der Waals surface area contributed by atoms with Gasteiger partial charge in [-0.3, -0.25) is 9.48 Å². The molecule has 0 unspecified atom stereocenters. The predicted octanol–water partition coefficient (Wildman–Crippen LogP) is 4.51. The van der Waals surface area contributed by atoms with E-state index in [1.54, 1.807) is 18.2 Å². The van der Waals surface area contributed by atoms with E-state index in [0.29, 0.717) is 11.4 Å². The van der Waals surface area contributed by atoms with Crippen molar-refractivity contribution in [2.45, 2.75) is 76.9 Å². The lowest BCUT2D eigenvalue weighted by Gasteiger charge is -2.33. The van der Waals surface area contributed by atoms with Crippen LogP contribution in [0.1, 0.15) is 87.4 Å². The number of carbonyl (C=O) groups excluding carboxylic acids is 1. The normalized spacial score (nSPS) is 22.8. The Labute approximate surface area is 206 Å². The van der Waals surface area contributed by atoms with Gasteiger partial charge in [-0.25, -0.2) is 0 Å². The number of amides is 1. The molecule has 0 spiro atoms. The van der Waals surface area contributed by atoms with Crippen molar-refractivity contribution in [3.63, 3.8) is 0 Å². The highest BCUT2D eigenvalue weighted by Crippen LogP contribution is 2.37. The molecule has 5 rings (SSSR count). The Hall–Kier alpha value is -3.13. The third-order valence-electron chi connectivity index (χ3n) is 7.54. The number of pyridine rings is 1. The molecule has 186 valence electrons. The van der Waals surface area contributed by atoms with E-state index in [1.807, 2.05) is 37.7 Å². The number of hydrogen-bond acceptors (Lipinski definition) is 5. The highest BCUT2D eigenvalue weighted by molar-refractivity contribution is 6.05. The van der Waals surface area contributed by atoms with Gasteiger partial charge in [-0.15, -0.1) is 0 Å². The van der Waals surface area contributed by atoms with Gasteiger partial charge < -0.3 is 20.5 Å². The molecule has 0 atom stereocenters. The van der Waals surface area contributed by atoms with Gasteiger partial charge in [0, 0.05) is 42.7 Å². The molecule has 2 fully saturated rings. The second-order valence-corrected chi connectivity index (χ2v) is 10.7. The van der Waals surface area contributed by atoms with Gasteiger partial charge in [0.2, 0.25) is 0 Å². The van der Waals surface area contributed by atoms with Crippen LogP contribution in [-0.2, 0) is 0 Å². The first kappa shape index (κ1) is 23.6. The van der Waals surface area contributed by atoms with Crippen LogP contribution in [0.4, 0.5) is 11.4 Å². The van der Waals surface area contributed by atoms with E-state index in [0.717, 1.165) is 72.9 Å². The third kappa shape index (κ3) is 4.72. The summed E-state index contributed by atoms with van der Waals surface area (Å²) in [6, 6.07) is 9.38. The van der Waals surface area contributed by atoms with Crippen LogP contribution >= 0.6 is 0 Å². The Bertz CT molecular complexity index is 1230. The quantitative estimate of drug-likeness (QED) is 0.416. The molecule has 0 radical (unpaired) electrons. The topological polar surface area (TPSA) is 97.3 Å². The average Bonchev–Trinajstić information content (AvgIpc) is 3.48. The van der Waals surface area contributed by atoms with Gasteiger partial charge in [0.05, 0.1) is 28.5 Å². The summed E-state index contributed by atoms with van der Waals surface area (Å²) in [4.78, 5) is 15.5. The molecule has 3 heterocycles. The molecule has 1 saturated carbocycles.